The highest BCUT2D eigenvalue weighted by molar-refractivity contribution is 6.21. The minimum atomic E-state index is -0.0546. The summed E-state index contributed by atoms with van der Waals surface area (Å²) in [6, 6.07) is 0.0694. The van der Waals surface area contributed by atoms with Crippen LogP contribution in [-0.4, -0.2) is 24.7 Å². The Kier molecular flexibility index (Phi) is 3.97. The average molecular weight is 247 g/mol. The molecular formula is C14H17NO3. The van der Waals surface area contributed by atoms with Crippen molar-refractivity contribution in [2.24, 2.45) is 0 Å². The van der Waals surface area contributed by atoms with E-state index in [2.05, 4.69) is 5.32 Å². The van der Waals surface area contributed by atoms with E-state index in [0.717, 1.165) is 12.2 Å². The van der Waals surface area contributed by atoms with Gasteiger partial charge in [-0.1, -0.05) is 12.2 Å². The summed E-state index contributed by atoms with van der Waals surface area (Å²) in [5, 5.41) is 3.11. The maximum absolute atomic E-state index is 11.6. The summed E-state index contributed by atoms with van der Waals surface area (Å²) < 4.78 is 5.17. The molecule has 4 nitrogen and oxygen atoms in total. The van der Waals surface area contributed by atoms with Crippen molar-refractivity contribution < 1.29 is 14.3 Å². The SMILES string of the molecule is COC1=CC=CC(NC=C2C(=O)CCCC2=O)C1. The van der Waals surface area contributed by atoms with Crippen LogP contribution in [0.3, 0.4) is 0 Å². The van der Waals surface area contributed by atoms with Crippen LogP contribution < -0.4 is 5.32 Å². The van der Waals surface area contributed by atoms with Crippen molar-refractivity contribution >= 4 is 11.6 Å². The van der Waals surface area contributed by atoms with E-state index in [-0.39, 0.29) is 17.6 Å². The van der Waals surface area contributed by atoms with Crippen molar-refractivity contribution in [3.05, 3.63) is 35.8 Å². The van der Waals surface area contributed by atoms with Crippen LogP contribution >= 0.6 is 0 Å². The van der Waals surface area contributed by atoms with Crippen LogP contribution in [0.5, 0.6) is 0 Å². The molecule has 1 N–H and O–H groups in total. The number of Topliss-reactive ketones (excluding diaryl/α,β-unsaturated/α-hetero) is 2. The van der Waals surface area contributed by atoms with E-state index < -0.39 is 0 Å². The first-order valence-electron chi connectivity index (χ1n) is 6.14. The first kappa shape index (κ1) is 12.6. The fraction of sp³-hybridized carbons (Fsp3) is 0.429. The van der Waals surface area contributed by atoms with E-state index in [9.17, 15) is 9.59 Å². The number of carbonyl (C=O) groups excluding carboxylic acids is 2. The van der Waals surface area contributed by atoms with Gasteiger partial charge in [0.15, 0.2) is 11.6 Å². The summed E-state index contributed by atoms with van der Waals surface area (Å²) in [5.41, 5.74) is 0.308. The lowest BCUT2D eigenvalue weighted by molar-refractivity contribution is -0.123. The summed E-state index contributed by atoms with van der Waals surface area (Å²) in [5.74, 6) is 0.775. The molecule has 96 valence electrons. The molecule has 0 heterocycles. The van der Waals surface area contributed by atoms with Crippen molar-refractivity contribution in [1.82, 2.24) is 5.32 Å². The van der Waals surface area contributed by atoms with Gasteiger partial charge in [0.1, 0.15) is 0 Å². The molecule has 0 amide bonds. The van der Waals surface area contributed by atoms with E-state index in [4.69, 9.17) is 4.74 Å². The highest BCUT2D eigenvalue weighted by Crippen LogP contribution is 2.17. The summed E-state index contributed by atoms with van der Waals surface area (Å²) in [6.07, 6.45) is 9.71. The van der Waals surface area contributed by atoms with Crippen molar-refractivity contribution in [1.29, 1.82) is 0 Å². The normalized spacial score (nSPS) is 23.7. The number of methoxy groups -OCH3 is 1. The Morgan fingerprint density at radius 1 is 1.33 bits per heavy atom. The van der Waals surface area contributed by atoms with Crippen molar-refractivity contribution in [2.45, 2.75) is 31.7 Å². The van der Waals surface area contributed by atoms with Gasteiger partial charge >= 0.3 is 0 Å². The smallest absolute Gasteiger partial charge is 0.167 e. The fourth-order valence-corrected chi connectivity index (χ4v) is 2.10. The summed E-state index contributed by atoms with van der Waals surface area (Å²) in [7, 11) is 1.63. The molecule has 2 aliphatic rings. The summed E-state index contributed by atoms with van der Waals surface area (Å²) in [6.45, 7) is 0. The second-order valence-corrected chi connectivity index (χ2v) is 4.46. The molecular weight excluding hydrogens is 230 g/mol. The third-order valence-corrected chi connectivity index (χ3v) is 3.16. The standard InChI is InChI=1S/C14H17NO3/c1-18-11-5-2-4-10(8-11)15-9-12-13(16)6-3-7-14(12)17/h2,4-5,9-10,15H,3,6-8H2,1H3. The molecule has 1 unspecified atom stereocenters. The molecule has 0 bridgehead atoms. The van der Waals surface area contributed by atoms with Crippen molar-refractivity contribution in [2.75, 3.05) is 7.11 Å². The topological polar surface area (TPSA) is 55.4 Å². The number of ether oxygens (including phenoxy) is 1. The average Bonchev–Trinajstić information content (AvgIpc) is 2.38. The van der Waals surface area contributed by atoms with E-state index in [1.54, 1.807) is 13.3 Å². The number of carbonyl (C=O) groups is 2. The van der Waals surface area contributed by atoms with E-state index in [0.29, 0.717) is 24.8 Å². The lowest BCUT2D eigenvalue weighted by atomic mass is 9.93. The largest absolute Gasteiger partial charge is 0.501 e. The van der Waals surface area contributed by atoms with Gasteiger partial charge in [-0.05, 0) is 12.5 Å². The second kappa shape index (κ2) is 5.67. The monoisotopic (exact) mass is 247 g/mol. The maximum atomic E-state index is 11.6. The van der Waals surface area contributed by atoms with Crippen LogP contribution in [0, 0.1) is 0 Å². The molecule has 0 saturated heterocycles. The third kappa shape index (κ3) is 2.88. The zero-order chi connectivity index (χ0) is 13.0. The molecule has 2 aliphatic carbocycles. The first-order valence-corrected chi connectivity index (χ1v) is 6.14. The van der Waals surface area contributed by atoms with Crippen LogP contribution in [0.25, 0.3) is 0 Å². The molecule has 0 spiro atoms. The predicted octanol–water partition coefficient (Wildman–Crippen LogP) is 1.64. The first-order chi connectivity index (χ1) is 8.70. The summed E-state index contributed by atoms with van der Waals surface area (Å²) in [4.78, 5) is 23.2. The second-order valence-electron chi connectivity index (χ2n) is 4.46. The molecule has 0 radical (unpaired) electrons. The van der Waals surface area contributed by atoms with Gasteiger partial charge in [0.2, 0.25) is 0 Å². The van der Waals surface area contributed by atoms with Crippen LogP contribution in [0.4, 0.5) is 0 Å². The molecule has 0 aliphatic heterocycles. The van der Waals surface area contributed by atoms with Crippen molar-refractivity contribution in [3.63, 3.8) is 0 Å². The Labute approximate surface area is 106 Å². The number of allylic oxidation sites excluding steroid dienone is 3. The van der Waals surface area contributed by atoms with Crippen molar-refractivity contribution in [3.8, 4) is 0 Å². The quantitative estimate of drug-likeness (QED) is 0.608. The van der Waals surface area contributed by atoms with Gasteiger partial charge in [-0.25, -0.2) is 0 Å². The third-order valence-electron chi connectivity index (χ3n) is 3.16. The molecule has 18 heavy (non-hydrogen) atoms. The molecule has 0 aromatic heterocycles. The molecule has 1 fully saturated rings. The Morgan fingerprint density at radius 2 is 2.06 bits per heavy atom. The van der Waals surface area contributed by atoms with E-state index in [1.807, 2.05) is 18.2 Å². The minimum absolute atomic E-state index is 0.0546. The van der Waals surface area contributed by atoms with Gasteiger partial charge in [0, 0.05) is 25.5 Å². The van der Waals surface area contributed by atoms with Crippen LogP contribution in [0.1, 0.15) is 25.7 Å². The number of nitrogens with one attached hydrogen (secondary N) is 1. The molecule has 4 heteroatoms. The fourth-order valence-electron chi connectivity index (χ4n) is 2.10. The van der Waals surface area contributed by atoms with Gasteiger partial charge in [-0.3, -0.25) is 9.59 Å². The van der Waals surface area contributed by atoms with Crippen LogP contribution in [0.2, 0.25) is 0 Å². The maximum Gasteiger partial charge on any atom is 0.167 e. The Morgan fingerprint density at radius 3 is 2.72 bits per heavy atom. The summed E-state index contributed by atoms with van der Waals surface area (Å²) >= 11 is 0. The molecule has 2 rings (SSSR count). The number of ketones is 2. The number of rotatable bonds is 3. The number of hydrogen-bond donors (Lipinski definition) is 1. The lowest BCUT2D eigenvalue weighted by Gasteiger charge is -2.19. The lowest BCUT2D eigenvalue weighted by Crippen LogP contribution is -2.28. The number of hydrogen-bond acceptors (Lipinski definition) is 4. The van der Waals surface area contributed by atoms with Gasteiger partial charge in [0.05, 0.1) is 24.5 Å². The van der Waals surface area contributed by atoms with Crippen LogP contribution in [0.15, 0.2) is 35.8 Å². The molecule has 0 aromatic rings. The Hall–Kier alpha value is -1.84. The van der Waals surface area contributed by atoms with Gasteiger partial charge in [0.25, 0.3) is 0 Å². The molecule has 1 atom stereocenters. The van der Waals surface area contributed by atoms with Gasteiger partial charge in [-0.2, -0.15) is 0 Å². The van der Waals surface area contributed by atoms with E-state index in [1.165, 1.54) is 0 Å². The zero-order valence-electron chi connectivity index (χ0n) is 10.4. The Bertz CT molecular complexity index is 428. The molecule has 0 aromatic carbocycles. The van der Waals surface area contributed by atoms with Gasteiger partial charge < -0.3 is 10.1 Å². The van der Waals surface area contributed by atoms with Crippen LogP contribution in [-0.2, 0) is 14.3 Å². The minimum Gasteiger partial charge on any atom is -0.501 e. The van der Waals surface area contributed by atoms with Gasteiger partial charge in [-0.15, -0.1) is 0 Å². The Balaban J connectivity index is 1.98. The van der Waals surface area contributed by atoms with E-state index >= 15 is 0 Å². The zero-order valence-corrected chi connectivity index (χ0v) is 10.4. The molecule has 1 saturated carbocycles. The highest BCUT2D eigenvalue weighted by Gasteiger charge is 2.23. The highest BCUT2D eigenvalue weighted by atomic mass is 16.5. The predicted molar refractivity (Wildman–Crippen MR) is 67.7 cm³/mol.